The average Bonchev–Trinajstić information content (AvgIpc) is 2.73. The Morgan fingerprint density at radius 2 is 1.66 bits per heavy atom. The van der Waals surface area contributed by atoms with Gasteiger partial charge in [-0.3, -0.25) is 0 Å². The van der Waals surface area contributed by atoms with Gasteiger partial charge in [0.05, 0.1) is 0 Å². The molecule has 1 N–H and O–H groups in total. The van der Waals surface area contributed by atoms with E-state index in [0.717, 1.165) is 48.8 Å². The molecule has 0 bridgehead atoms. The summed E-state index contributed by atoms with van der Waals surface area (Å²) >= 11 is 0. The van der Waals surface area contributed by atoms with Crippen LogP contribution in [0.5, 0.6) is 0 Å². The number of rotatable bonds is 6. The van der Waals surface area contributed by atoms with Crippen LogP contribution in [0, 0.1) is 0 Å². The van der Waals surface area contributed by atoms with E-state index in [1.165, 1.54) is 0 Å². The summed E-state index contributed by atoms with van der Waals surface area (Å²) in [6, 6.07) is 12.2. The number of likely N-dealkylation sites (N-methyl/N-ethyl adjacent to an activating group) is 1. The van der Waals surface area contributed by atoms with Crippen molar-refractivity contribution in [3.05, 3.63) is 53.7 Å². The van der Waals surface area contributed by atoms with Gasteiger partial charge in [-0.1, -0.05) is 18.2 Å². The minimum Gasteiger partial charge on any atom is -0.378 e. The second-order valence-corrected chi connectivity index (χ2v) is 7.89. The maximum absolute atomic E-state index is 12.4. The minimum atomic E-state index is -0.0927. The van der Waals surface area contributed by atoms with Crippen molar-refractivity contribution in [2.24, 2.45) is 0 Å². The first-order valence-corrected chi connectivity index (χ1v) is 10.1. The fourth-order valence-electron chi connectivity index (χ4n) is 3.30. The molecule has 7 heteroatoms. The SMILES string of the molecule is CN1CCN(c2ccc(CNC(=O)N(C)Cc3ccc(N(C)C)cc3)cn2)CC1. The number of piperazine rings is 1. The van der Waals surface area contributed by atoms with Gasteiger partial charge in [0.25, 0.3) is 0 Å². The number of carbonyl (C=O) groups excluding carboxylic acids is 1. The summed E-state index contributed by atoms with van der Waals surface area (Å²) in [5, 5.41) is 2.97. The predicted octanol–water partition coefficient (Wildman–Crippen LogP) is 2.24. The van der Waals surface area contributed by atoms with Crippen LogP contribution in [0.15, 0.2) is 42.6 Å². The molecule has 0 unspecified atom stereocenters. The number of benzene rings is 1. The fourth-order valence-corrected chi connectivity index (χ4v) is 3.30. The summed E-state index contributed by atoms with van der Waals surface area (Å²) in [5.74, 6) is 1.01. The molecule has 7 nitrogen and oxygen atoms in total. The van der Waals surface area contributed by atoms with E-state index in [-0.39, 0.29) is 6.03 Å². The molecule has 1 aliphatic heterocycles. The Labute approximate surface area is 173 Å². The maximum atomic E-state index is 12.4. The maximum Gasteiger partial charge on any atom is 0.317 e. The van der Waals surface area contributed by atoms with Crippen LogP contribution in [0.2, 0.25) is 0 Å². The van der Waals surface area contributed by atoms with Crippen LogP contribution in [-0.4, -0.2) is 75.2 Å². The molecule has 3 rings (SSSR count). The third-order valence-corrected chi connectivity index (χ3v) is 5.30. The Morgan fingerprint density at radius 3 is 2.24 bits per heavy atom. The highest BCUT2D eigenvalue weighted by molar-refractivity contribution is 5.73. The zero-order valence-electron chi connectivity index (χ0n) is 17.9. The molecule has 1 aromatic carbocycles. The Hall–Kier alpha value is -2.80. The normalized spacial score (nSPS) is 14.6. The molecule has 0 radical (unpaired) electrons. The average molecular weight is 397 g/mol. The highest BCUT2D eigenvalue weighted by Crippen LogP contribution is 2.15. The van der Waals surface area contributed by atoms with Crippen molar-refractivity contribution in [3.8, 4) is 0 Å². The standard InChI is InChI=1S/C22H32N6O/c1-25(2)20-8-5-18(6-9-20)17-27(4)22(29)24-16-19-7-10-21(23-15-19)28-13-11-26(3)12-14-28/h5-10,15H,11-14,16-17H2,1-4H3,(H,24,29). The molecule has 1 aromatic heterocycles. The van der Waals surface area contributed by atoms with Crippen molar-refractivity contribution >= 4 is 17.5 Å². The van der Waals surface area contributed by atoms with Crippen molar-refractivity contribution in [1.29, 1.82) is 0 Å². The molecular formula is C22H32N6O. The number of urea groups is 1. The van der Waals surface area contributed by atoms with Gasteiger partial charge in [0.1, 0.15) is 5.82 Å². The van der Waals surface area contributed by atoms with Gasteiger partial charge in [0.15, 0.2) is 0 Å². The molecule has 29 heavy (non-hydrogen) atoms. The number of amides is 2. The number of nitrogens with zero attached hydrogens (tertiary/aromatic N) is 5. The molecule has 2 heterocycles. The van der Waals surface area contributed by atoms with E-state index in [4.69, 9.17) is 0 Å². The van der Waals surface area contributed by atoms with Crippen LogP contribution < -0.4 is 15.1 Å². The topological polar surface area (TPSA) is 55.0 Å². The summed E-state index contributed by atoms with van der Waals surface area (Å²) < 4.78 is 0. The fraction of sp³-hybridized carbons (Fsp3) is 0.455. The van der Waals surface area contributed by atoms with E-state index in [1.54, 1.807) is 4.90 Å². The number of aromatic nitrogens is 1. The van der Waals surface area contributed by atoms with Crippen molar-refractivity contribution in [1.82, 2.24) is 20.1 Å². The van der Waals surface area contributed by atoms with Gasteiger partial charge < -0.3 is 24.9 Å². The minimum absolute atomic E-state index is 0.0927. The second kappa shape index (κ2) is 9.60. The molecular weight excluding hydrogens is 364 g/mol. The van der Waals surface area contributed by atoms with Crippen molar-refractivity contribution in [3.63, 3.8) is 0 Å². The predicted molar refractivity (Wildman–Crippen MR) is 118 cm³/mol. The number of hydrogen-bond donors (Lipinski definition) is 1. The molecule has 1 saturated heterocycles. The Balaban J connectivity index is 1.47. The number of carbonyl (C=O) groups is 1. The van der Waals surface area contributed by atoms with E-state index in [1.807, 2.05) is 39.5 Å². The van der Waals surface area contributed by atoms with Crippen molar-refractivity contribution in [2.75, 3.05) is 64.2 Å². The molecule has 0 saturated carbocycles. The molecule has 0 atom stereocenters. The number of hydrogen-bond acceptors (Lipinski definition) is 5. The first-order valence-electron chi connectivity index (χ1n) is 10.1. The second-order valence-electron chi connectivity index (χ2n) is 7.89. The van der Waals surface area contributed by atoms with Gasteiger partial charge in [-0.25, -0.2) is 9.78 Å². The van der Waals surface area contributed by atoms with Gasteiger partial charge >= 0.3 is 6.03 Å². The van der Waals surface area contributed by atoms with Gasteiger partial charge in [-0.2, -0.15) is 0 Å². The van der Waals surface area contributed by atoms with E-state index in [0.29, 0.717) is 13.1 Å². The highest BCUT2D eigenvalue weighted by Gasteiger charge is 2.15. The lowest BCUT2D eigenvalue weighted by molar-refractivity contribution is 0.206. The zero-order chi connectivity index (χ0) is 20.8. The Bertz CT molecular complexity index is 782. The van der Waals surface area contributed by atoms with Crippen LogP contribution >= 0.6 is 0 Å². The summed E-state index contributed by atoms with van der Waals surface area (Å²) in [5.41, 5.74) is 3.25. The quantitative estimate of drug-likeness (QED) is 0.812. The highest BCUT2D eigenvalue weighted by atomic mass is 16.2. The number of anilines is 2. The lowest BCUT2D eigenvalue weighted by Gasteiger charge is -2.33. The number of nitrogens with one attached hydrogen (secondary N) is 1. The smallest absolute Gasteiger partial charge is 0.317 e. The summed E-state index contributed by atoms with van der Waals surface area (Å²) in [6.45, 7) is 5.16. The van der Waals surface area contributed by atoms with Gasteiger partial charge in [0.2, 0.25) is 0 Å². The van der Waals surface area contributed by atoms with E-state index in [2.05, 4.69) is 56.3 Å². The monoisotopic (exact) mass is 396 g/mol. The third kappa shape index (κ3) is 5.84. The van der Waals surface area contributed by atoms with Crippen LogP contribution in [0.1, 0.15) is 11.1 Å². The Kier molecular flexibility index (Phi) is 6.93. The van der Waals surface area contributed by atoms with Crippen LogP contribution in [0.3, 0.4) is 0 Å². The van der Waals surface area contributed by atoms with Crippen molar-refractivity contribution < 1.29 is 4.79 Å². The summed E-state index contributed by atoms with van der Waals surface area (Å²) in [4.78, 5) is 25.4. The van der Waals surface area contributed by atoms with Crippen LogP contribution in [0.4, 0.5) is 16.3 Å². The van der Waals surface area contributed by atoms with Gasteiger partial charge in [0, 0.05) is 72.3 Å². The Morgan fingerprint density at radius 1 is 1.00 bits per heavy atom. The summed E-state index contributed by atoms with van der Waals surface area (Å²) in [7, 11) is 7.98. The van der Waals surface area contributed by atoms with Crippen molar-refractivity contribution in [2.45, 2.75) is 13.1 Å². The molecule has 0 spiro atoms. The molecule has 2 aromatic rings. The first kappa shape index (κ1) is 20.9. The lowest BCUT2D eigenvalue weighted by Crippen LogP contribution is -2.44. The largest absolute Gasteiger partial charge is 0.378 e. The lowest BCUT2D eigenvalue weighted by atomic mass is 10.2. The van der Waals surface area contributed by atoms with Gasteiger partial charge in [-0.05, 0) is 36.4 Å². The first-order chi connectivity index (χ1) is 13.9. The number of pyridine rings is 1. The summed E-state index contributed by atoms with van der Waals surface area (Å²) in [6.07, 6.45) is 1.86. The van der Waals surface area contributed by atoms with E-state index in [9.17, 15) is 4.79 Å². The molecule has 156 valence electrons. The third-order valence-electron chi connectivity index (χ3n) is 5.30. The van der Waals surface area contributed by atoms with Crippen LogP contribution in [-0.2, 0) is 13.1 Å². The molecule has 0 aliphatic carbocycles. The zero-order valence-corrected chi connectivity index (χ0v) is 17.9. The van der Waals surface area contributed by atoms with Crippen LogP contribution in [0.25, 0.3) is 0 Å². The van der Waals surface area contributed by atoms with Gasteiger partial charge in [-0.15, -0.1) is 0 Å². The molecule has 1 aliphatic rings. The molecule has 2 amide bonds. The molecule has 1 fully saturated rings. The van der Waals surface area contributed by atoms with E-state index < -0.39 is 0 Å². The van der Waals surface area contributed by atoms with E-state index >= 15 is 0 Å².